The molecule has 3 rings (SSSR count). The predicted molar refractivity (Wildman–Crippen MR) is 54.7 cm³/mol. The predicted octanol–water partition coefficient (Wildman–Crippen LogP) is 2.52. The van der Waals surface area contributed by atoms with Crippen molar-refractivity contribution >= 4 is 11.5 Å². The van der Waals surface area contributed by atoms with Crippen molar-refractivity contribution in [1.29, 1.82) is 5.26 Å². The van der Waals surface area contributed by atoms with Gasteiger partial charge in [0.15, 0.2) is 11.5 Å². The Morgan fingerprint density at radius 2 is 2.07 bits per heavy atom. The Morgan fingerprint density at radius 1 is 1.20 bits per heavy atom. The topological polar surface area (TPSA) is 60.9 Å². The maximum atomic E-state index is 8.84. The number of hydrogen-bond acceptors (Lipinski definition) is 4. The van der Waals surface area contributed by atoms with Crippen molar-refractivity contribution < 1.29 is 0 Å². The van der Waals surface area contributed by atoms with Crippen LogP contribution in [-0.2, 0) is 6.42 Å². The second-order valence-electron chi connectivity index (χ2n) is 3.38. The highest BCUT2D eigenvalue weighted by molar-refractivity contribution is 6.05. The summed E-state index contributed by atoms with van der Waals surface area (Å²) in [5, 5.41) is 16.5. The molecule has 4 nitrogen and oxygen atoms in total. The first kappa shape index (κ1) is 8.06. The van der Waals surface area contributed by atoms with E-state index in [1.54, 1.807) is 0 Å². The van der Waals surface area contributed by atoms with Crippen LogP contribution in [0.2, 0.25) is 0 Å². The fourth-order valence-electron chi connectivity index (χ4n) is 1.74. The number of para-hydroxylation sites is 1. The van der Waals surface area contributed by atoms with Gasteiger partial charge >= 0.3 is 0 Å². The van der Waals surface area contributed by atoms with Gasteiger partial charge in [0.2, 0.25) is 0 Å². The molecule has 15 heavy (non-hydrogen) atoms. The molecule has 0 saturated carbocycles. The number of hydrogen-bond donors (Lipinski definition) is 0. The number of azo groups is 1. The molecule has 70 valence electrons. The van der Waals surface area contributed by atoms with Gasteiger partial charge in [0.1, 0.15) is 6.07 Å². The third-order valence-electron chi connectivity index (χ3n) is 2.49. The van der Waals surface area contributed by atoms with Crippen LogP contribution in [0.1, 0.15) is 5.56 Å². The molecule has 0 aromatic heterocycles. The average molecular weight is 194 g/mol. The first-order valence-corrected chi connectivity index (χ1v) is 4.60. The SMILES string of the molecule is N#CC1=C2Cc3ccccc3N=C2N=N1. The van der Waals surface area contributed by atoms with E-state index in [-0.39, 0.29) is 0 Å². The van der Waals surface area contributed by atoms with Crippen molar-refractivity contribution in [3.8, 4) is 6.07 Å². The minimum Gasteiger partial charge on any atom is -0.227 e. The molecule has 2 heterocycles. The van der Waals surface area contributed by atoms with E-state index in [0.717, 1.165) is 16.8 Å². The largest absolute Gasteiger partial charge is 0.227 e. The Hall–Kier alpha value is -2.28. The Bertz CT molecular complexity index is 572. The van der Waals surface area contributed by atoms with E-state index < -0.39 is 0 Å². The maximum absolute atomic E-state index is 8.84. The van der Waals surface area contributed by atoms with Crippen molar-refractivity contribution in [2.45, 2.75) is 6.42 Å². The first-order valence-electron chi connectivity index (χ1n) is 4.60. The zero-order valence-electron chi connectivity index (χ0n) is 7.81. The number of nitriles is 1. The minimum absolute atomic E-state index is 0.392. The molecule has 0 aliphatic carbocycles. The third kappa shape index (κ3) is 1.10. The lowest BCUT2D eigenvalue weighted by atomic mass is 9.99. The van der Waals surface area contributed by atoms with Gasteiger partial charge < -0.3 is 0 Å². The molecule has 4 heteroatoms. The van der Waals surface area contributed by atoms with Crippen molar-refractivity contribution in [3.63, 3.8) is 0 Å². The van der Waals surface area contributed by atoms with Crippen LogP contribution in [0.3, 0.4) is 0 Å². The van der Waals surface area contributed by atoms with E-state index in [4.69, 9.17) is 5.26 Å². The zero-order chi connectivity index (χ0) is 10.3. The summed E-state index contributed by atoms with van der Waals surface area (Å²) in [5.74, 6) is 0.588. The molecule has 2 aliphatic heterocycles. The van der Waals surface area contributed by atoms with Gasteiger partial charge in [-0.2, -0.15) is 5.26 Å². The van der Waals surface area contributed by atoms with Crippen LogP contribution >= 0.6 is 0 Å². The number of allylic oxidation sites excluding steroid dienone is 1. The Labute approximate surface area is 86.3 Å². The number of rotatable bonds is 0. The summed E-state index contributed by atoms with van der Waals surface area (Å²) in [4.78, 5) is 4.35. The fourth-order valence-corrected chi connectivity index (χ4v) is 1.74. The van der Waals surface area contributed by atoms with Gasteiger partial charge in [-0.15, -0.1) is 10.2 Å². The third-order valence-corrected chi connectivity index (χ3v) is 2.49. The highest BCUT2D eigenvalue weighted by Gasteiger charge is 2.24. The van der Waals surface area contributed by atoms with Crippen molar-refractivity contribution in [1.82, 2.24) is 0 Å². The van der Waals surface area contributed by atoms with Gasteiger partial charge in [0.25, 0.3) is 0 Å². The average Bonchev–Trinajstić information content (AvgIpc) is 2.68. The molecular weight excluding hydrogens is 188 g/mol. The lowest BCUT2D eigenvalue weighted by molar-refractivity contribution is 1.16. The van der Waals surface area contributed by atoms with E-state index in [1.165, 1.54) is 0 Å². The monoisotopic (exact) mass is 194 g/mol. The van der Waals surface area contributed by atoms with Crippen LogP contribution < -0.4 is 0 Å². The normalized spacial score (nSPS) is 16.9. The van der Waals surface area contributed by atoms with Gasteiger partial charge in [0, 0.05) is 12.0 Å². The molecule has 0 bridgehead atoms. The Morgan fingerprint density at radius 3 is 2.93 bits per heavy atom. The fraction of sp³-hybridized carbons (Fsp3) is 0.0909. The van der Waals surface area contributed by atoms with Crippen LogP contribution in [0.25, 0.3) is 0 Å². The smallest absolute Gasteiger partial charge is 0.181 e. The minimum atomic E-state index is 0.392. The summed E-state index contributed by atoms with van der Waals surface area (Å²) in [6, 6.07) is 9.89. The molecule has 2 aliphatic rings. The quantitative estimate of drug-likeness (QED) is 0.625. The Balaban J connectivity index is 2.21. The molecule has 0 unspecified atom stereocenters. The van der Waals surface area contributed by atoms with Crippen molar-refractivity contribution in [2.75, 3.05) is 0 Å². The van der Waals surface area contributed by atoms with Gasteiger partial charge in [-0.3, -0.25) is 0 Å². The number of fused-ring (bicyclic) bond motifs is 2. The molecular formula is C11H6N4. The van der Waals surface area contributed by atoms with Crippen LogP contribution in [0.15, 0.2) is 50.8 Å². The van der Waals surface area contributed by atoms with E-state index in [0.29, 0.717) is 18.0 Å². The number of amidine groups is 1. The molecule has 0 saturated heterocycles. The molecule has 0 radical (unpaired) electrons. The summed E-state index contributed by atoms with van der Waals surface area (Å²) in [7, 11) is 0. The lowest BCUT2D eigenvalue weighted by Crippen LogP contribution is -2.06. The molecule has 1 aromatic carbocycles. The molecule has 0 atom stereocenters. The van der Waals surface area contributed by atoms with Gasteiger partial charge in [-0.25, -0.2) is 4.99 Å². The van der Waals surface area contributed by atoms with Crippen molar-refractivity contribution in [3.05, 3.63) is 41.1 Å². The molecule has 0 fully saturated rings. The zero-order valence-corrected chi connectivity index (χ0v) is 7.81. The highest BCUT2D eigenvalue weighted by Crippen LogP contribution is 2.32. The van der Waals surface area contributed by atoms with E-state index in [2.05, 4.69) is 15.2 Å². The van der Waals surface area contributed by atoms with Gasteiger partial charge in [-0.05, 0) is 11.6 Å². The summed E-state index contributed by atoms with van der Waals surface area (Å²) in [6.07, 6.45) is 0.699. The first-order chi connectivity index (χ1) is 7.38. The number of benzene rings is 1. The summed E-state index contributed by atoms with van der Waals surface area (Å²) < 4.78 is 0. The molecule has 0 spiro atoms. The number of aliphatic imine (C=N–C) groups is 1. The van der Waals surface area contributed by atoms with Crippen LogP contribution in [0.4, 0.5) is 5.69 Å². The van der Waals surface area contributed by atoms with Crippen LogP contribution in [0.5, 0.6) is 0 Å². The summed E-state index contributed by atoms with van der Waals surface area (Å²) >= 11 is 0. The standard InChI is InChI=1S/C11H6N4/c12-6-10-8-5-7-3-1-2-4-9(7)13-11(8)15-14-10/h1-4H,5H2. The molecule has 0 amide bonds. The second kappa shape index (κ2) is 2.85. The highest BCUT2D eigenvalue weighted by atomic mass is 15.2. The molecule has 1 aromatic rings. The summed E-state index contributed by atoms with van der Waals surface area (Å²) in [6.45, 7) is 0. The van der Waals surface area contributed by atoms with Crippen LogP contribution in [0, 0.1) is 11.3 Å². The number of nitrogens with zero attached hydrogens (tertiary/aromatic N) is 4. The van der Waals surface area contributed by atoms with Gasteiger partial charge in [0.05, 0.1) is 5.69 Å². The van der Waals surface area contributed by atoms with E-state index in [9.17, 15) is 0 Å². The summed E-state index contributed by atoms with van der Waals surface area (Å²) in [5.41, 5.74) is 3.28. The maximum Gasteiger partial charge on any atom is 0.181 e. The van der Waals surface area contributed by atoms with E-state index >= 15 is 0 Å². The molecule has 0 N–H and O–H groups in total. The second-order valence-corrected chi connectivity index (χ2v) is 3.38. The van der Waals surface area contributed by atoms with Crippen LogP contribution in [-0.4, -0.2) is 5.84 Å². The van der Waals surface area contributed by atoms with E-state index in [1.807, 2.05) is 30.3 Å². The Kier molecular flexibility index (Phi) is 1.53. The van der Waals surface area contributed by atoms with Crippen molar-refractivity contribution in [2.24, 2.45) is 15.2 Å². The van der Waals surface area contributed by atoms with Gasteiger partial charge in [-0.1, -0.05) is 18.2 Å². The lowest BCUT2D eigenvalue weighted by Gasteiger charge is -2.11.